The second kappa shape index (κ2) is 8.41. The van der Waals surface area contributed by atoms with Gasteiger partial charge in [-0.2, -0.15) is 4.98 Å². The van der Waals surface area contributed by atoms with E-state index in [2.05, 4.69) is 27.0 Å². The summed E-state index contributed by atoms with van der Waals surface area (Å²) in [6.07, 6.45) is 2.25. The zero-order valence-corrected chi connectivity index (χ0v) is 15.8. The maximum absolute atomic E-state index is 13.2. The van der Waals surface area contributed by atoms with E-state index >= 15 is 0 Å². The first-order chi connectivity index (χ1) is 11.1. The first kappa shape index (κ1) is 18.6. The molecule has 1 aromatic carbocycles. The molecule has 3 rings (SSSR count). The molecule has 1 aliphatic rings. The van der Waals surface area contributed by atoms with E-state index in [4.69, 9.17) is 10.3 Å². The second-order valence-electron chi connectivity index (χ2n) is 5.87. The van der Waals surface area contributed by atoms with Gasteiger partial charge in [0.05, 0.1) is 0 Å². The molecule has 1 saturated heterocycles. The molecule has 0 aliphatic carbocycles. The average Bonchev–Trinajstić information content (AvgIpc) is 3.02. The van der Waals surface area contributed by atoms with E-state index in [1.54, 1.807) is 12.1 Å². The summed E-state index contributed by atoms with van der Waals surface area (Å²) in [5.74, 6) is 1.61. The summed E-state index contributed by atoms with van der Waals surface area (Å²) in [7, 11) is 0. The van der Waals surface area contributed by atoms with Crippen molar-refractivity contribution in [2.45, 2.75) is 26.3 Å². The molecule has 1 aromatic heterocycles. The minimum atomic E-state index is -0.338. The number of hydrogen-bond donors (Lipinski definition) is 1. The van der Waals surface area contributed by atoms with Crippen LogP contribution in [0.4, 0.5) is 4.39 Å². The van der Waals surface area contributed by atoms with Gasteiger partial charge >= 0.3 is 0 Å². The molecular formula is C16H21FIN5O. The third-order valence-corrected chi connectivity index (χ3v) is 4.03. The maximum atomic E-state index is 13.2. The molecule has 8 heteroatoms. The standard InChI is InChI=1S/C16H20FN5O.HI/c1-11-5-7-22(8-6-11)16(18)19-10-14-20-15(21-23-14)12-3-2-4-13(17)9-12;/h2-4,9,11H,5-8,10H2,1H3,(H2,18,19);1H. The maximum Gasteiger partial charge on any atom is 0.248 e. The van der Waals surface area contributed by atoms with Gasteiger partial charge < -0.3 is 15.2 Å². The van der Waals surface area contributed by atoms with Crippen LogP contribution in [0.25, 0.3) is 11.4 Å². The lowest BCUT2D eigenvalue weighted by Crippen LogP contribution is -2.42. The van der Waals surface area contributed by atoms with E-state index in [-0.39, 0.29) is 36.3 Å². The fourth-order valence-corrected chi connectivity index (χ4v) is 2.55. The molecular weight excluding hydrogens is 424 g/mol. The number of aromatic nitrogens is 2. The van der Waals surface area contributed by atoms with Crippen LogP contribution in [-0.4, -0.2) is 34.1 Å². The number of rotatable bonds is 3. The van der Waals surface area contributed by atoms with E-state index < -0.39 is 0 Å². The average molecular weight is 445 g/mol. The molecule has 2 aromatic rings. The van der Waals surface area contributed by atoms with E-state index in [0.29, 0.717) is 23.2 Å². The molecule has 6 nitrogen and oxygen atoms in total. The van der Waals surface area contributed by atoms with Crippen LogP contribution in [0.3, 0.4) is 0 Å². The predicted octanol–water partition coefficient (Wildman–Crippen LogP) is 3.04. The quantitative estimate of drug-likeness (QED) is 0.447. The number of piperidine rings is 1. The lowest BCUT2D eigenvalue weighted by molar-refractivity contribution is 0.277. The van der Waals surface area contributed by atoms with Crippen LogP contribution in [0.15, 0.2) is 33.8 Å². The van der Waals surface area contributed by atoms with Gasteiger partial charge in [-0.05, 0) is 30.9 Å². The normalized spacial score (nSPS) is 16.1. The van der Waals surface area contributed by atoms with E-state index in [0.717, 1.165) is 31.8 Å². The highest BCUT2D eigenvalue weighted by Gasteiger charge is 2.17. The fraction of sp³-hybridized carbons (Fsp3) is 0.438. The van der Waals surface area contributed by atoms with Crippen molar-refractivity contribution >= 4 is 29.9 Å². The molecule has 0 amide bonds. The van der Waals surface area contributed by atoms with Gasteiger partial charge in [0.1, 0.15) is 12.4 Å². The minimum absolute atomic E-state index is 0. The molecule has 1 fully saturated rings. The van der Waals surface area contributed by atoms with Gasteiger partial charge in [-0.15, -0.1) is 24.0 Å². The van der Waals surface area contributed by atoms with Gasteiger partial charge in [-0.1, -0.05) is 24.2 Å². The smallest absolute Gasteiger partial charge is 0.248 e. The number of nitrogens with two attached hydrogens (primary N) is 1. The van der Waals surface area contributed by atoms with Crippen molar-refractivity contribution in [3.63, 3.8) is 0 Å². The Morgan fingerprint density at radius 1 is 1.42 bits per heavy atom. The molecule has 1 aliphatic heterocycles. The first-order valence-corrected chi connectivity index (χ1v) is 7.75. The summed E-state index contributed by atoms with van der Waals surface area (Å²) in [4.78, 5) is 10.6. The van der Waals surface area contributed by atoms with Gasteiger partial charge in [-0.3, -0.25) is 0 Å². The van der Waals surface area contributed by atoms with Gasteiger partial charge in [0.25, 0.3) is 0 Å². The lowest BCUT2D eigenvalue weighted by atomic mass is 10.00. The molecule has 2 N–H and O–H groups in total. The Hall–Kier alpha value is -1.71. The summed E-state index contributed by atoms with van der Waals surface area (Å²) in [6, 6.07) is 6.06. The molecule has 0 radical (unpaired) electrons. The highest BCUT2D eigenvalue weighted by molar-refractivity contribution is 14.0. The van der Waals surface area contributed by atoms with Gasteiger partial charge in [-0.25, -0.2) is 9.38 Å². The third-order valence-electron chi connectivity index (χ3n) is 4.03. The number of nitrogens with zero attached hydrogens (tertiary/aromatic N) is 4. The van der Waals surface area contributed by atoms with Gasteiger partial charge in [0, 0.05) is 18.7 Å². The number of likely N-dealkylation sites (tertiary alicyclic amines) is 1. The molecule has 2 heterocycles. The number of hydrogen-bond acceptors (Lipinski definition) is 4. The van der Waals surface area contributed by atoms with Crippen molar-refractivity contribution in [2.75, 3.05) is 13.1 Å². The van der Waals surface area contributed by atoms with Gasteiger partial charge in [0.2, 0.25) is 11.7 Å². The summed E-state index contributed by atoms with van der Waals surface area (Å²) in [5, 5.41) is 3.85. The first-order valence-electron chi connectivity index (χ1n) is 7.75. The Bertz CT molecular complexity index is 697. The van der Waals surface area contributed by atoms with Crippen molar-refractivity contribution in [1.82, 2.24) is 15.0 Å². The highest BCUT2D eigenvalue weighted by Crippen LogP contribution is 2.18. The highest BCUT2D eigenvalue weighted by atomic mass is 127. The second-order valence-corrected chi connectivity index (χ2v) is 5.87. The third kappa shape index (κ3) is 4.65. The summed E-state index contributed by atoms with van der Waals surface area (Å²) < 4.78 is 18.4. The molecule has 0 unspecified atom stereocenters. The minimum Gasteiger partial charge on any atom is -0.370 e. The number of benzene rings is 1. The number of guanidine groups is 1. The van der Waals surface area contributed by atoms with E-state index in [1.807, 2.05) is 0 Å². The molecule has 0 atom stereocenters. The summed E-state index contributed by atoms with van der Waals surface area (Å²) >= 11 is 0. The van der Waals surface area contributed by atoms with Crippen LogP contribution < -0.4 is 5.73 Å². The Morgan fingerprint density at radius 3 is 2.88 bits per heavy atom. The van der Waals surface area contributed by atoms with Crippen molar-refractivity contribution < 1.29 is 8.91 Å². The molecule has 0 saturated carbocycles. The van der Waals surface area contributed by atoms with E-state index in [1.165, 1.54) is 12.1 Å². The zero-order chi connectivity index (χ0) is 16.2. The molecule has 0 bridgehead atoms. The predicted molar refractivity (Wildman–Crippen MR) is 100 cm³/mol. The summed E-state index contributed by atoms with van der Waals surface area (Å²) in [5.41, 5.74) is 6.59. The Kier molecular flexibility index (Phi) is 6.52. The SMILES string of the molecule is CC1CCN(C(N)=NCc2nc(-c3cccc(F)c3)no2)CC1.I. The monoisotopic (exact) mass is 445 g/mol. The van der Waals surface area contributed by atoms with Crippen LogP contribution in [0.2, 0.25) is 0 Å². The fourth-order valence-electron chi connectivity index (χ4n) is 2.55. The topological polar surface area (TPSA) is 80.5 Å². The lowest BCUT2D eigenvalue weighted by Gasteiger charge is -2.30. The van der Waals surface area contributed by atoms with Crippen LogP contribution in [0.1, 0.15) is 25.7 Å². The van der Waals surface area contributed by atoms with Crippen molar-refractivity contribution in [3.8, 4) is 11.4 Å². The summed E-state index contributed by atoms with van der Waals surface area (Å²) in [6.45, 7) is 4.32. The Morgan fingerprint density at radius 2 is 2.17 bits per heavy atom. The van der Waals surface area contributed by atoms with Crippen LogP contribution in [-0.2, 0) is 6.54 Å². The van der Waals surface area contributed by atoms with Crippen molar-refractivity contribution in [1.29, 1.82) is 0 Å². The number of halogens is 2. The Balaban J connectivity index is 0.00000208. The largest absolute Gasteiger partial charge is 0.370 e. The molecule has 130 valence electrons. The van der Waals surface area contributed by atoms with Crippen LogP contribution in [0, 0.1) is 11.7 Å². The zero-order valence-electron chi connectivity index (χ0n) is 13.5. The number of aliphatic imine (C=N–C) groups is 1. The molecule has 0 spiro atoms. The Labute approximate surface area is 157 Å². The van der Waals surface area contributed by atoms with Crippen LogP contribution in [0.5, 0.6) is 0 Å². The van der Waals surface area contributed by atoms with Crippen LogP contribution >= 0.6 is 24.0 Å². The molecule has 24 heavy (non-hydrogen) atoms. The van der Waals surface area contributed by atoms with E-state index in [9.17, 15) is 4.39 Å². The van der Waals surface area contributed by atoms with Crippen molar-refractivity contribution in [2.24, 2.45) is 16.6 Å². The van der Waals surface area contributed by atoms with Gasteiger partial charge in [0.15, 0.2) is 5.96 Å². The van der Waals surface area contributed by atoms with Crippen molar-refractivity contribution in [3.05, 3.63) is 36.0 Å².